The molecule has 0 atom stereocenters. The van der Waals surface area contributed by atoms with Crippen molar-refractivity contribution >= 4 is 22.4 Å². The molecule has 1 aliphatic heterocycles. The van der Waals surface area contributed by atoms with Crippen molar-refractivity contribution in [3.63, 3.8) is 0 Å². The number of piperazine rings is 1. The van der Waals surface area contributed by atoms with Gasteiger partial charge in [0.1, 0.15) is 10.6 Å². The number of nitrogens with one attached hydrogen (secondary N) is 1. The van der Waals surface area contributed by atoms with Crippen LogP contribution in [0.1, 0.15) is 11.1 Å². The van der Waals surface area contributed by atoms with Crippen LogP contribution in [-0.2, 0) is 10.0 Å². The van der Waals surface area contributed by atoms with Gasteiger partial charge in [0.05, 0.1) is 7.11 Å². The van der Waals surface area contributed by atoms with Gasteiger partial charge in [0.15, 0.2) is 0 Å². The minimum atomic E-state index is -3.48. The number of hydrogen-bond acceptors (Lipinski definition) is 4. The van der Waals surface area contributed by atoms with Crippen LogP contribution in [0.2, 0.25) is 0 Å². The number of methoxy groups -OCH3 is 1. The maximum atomic E-state index is 12.7. The van der Waals surface area contributed by atoms with E-state index in [1.54, 1.807) is 6.07 Å². The van der Waals surface area contributed by atoms with Gasteiger partial charge in [0.25, 0.3) is 0 Å². The monoisotopic (exact) mass is 320 g/mol. The SMILES string of the molecule is COc1c(C)cc(C)cc1S(=O)(=O)N1CCNCC1.Cl. The molecule has 1 aromatic carbocycles. The minimum absolute atomic E-state index is 0. The second-order valence-corrected chi connectivity index (χ2v) is 6.67. The number of hydrogen-bond donors (Lipinski definition) is 1. The van der Waals surface area contributed by atoms with Crippen LogP contribution in [0.3, 0.4) is 0 Å². The molecule has 2 rings (SSSR count). The second kappa shape index (κ2) is 6.76. The normalized spacial score (nSPS) is 16.6. The number of halogens is 1. The minimum Gasteiger partial charge on any atom is -0.495 e. The highest BCUT2D eigenvalue weighted by molar-refractivity contribution is 7.89. The van der Waals surface area contributed by atoms with Gasteiger partial charge in [0.2, 0.25) is 10.0 Å². The molecule has 0 aliphatic carbocycles. The van der Waals surface area contributed by atoms with E-state index in [0.29, 0.717) is 31.9 Å². The lowest BCUT2D eigenvalue weighted by Crippen LogP contribution is -2.46. The predicted molar refractivity (Wildman–Crippen MR) is 81.3 cm³/mol. The second-order valence-electron chi connectivity index (χ2n) is 4.77. The predicted octanol–water partition coefficient (Wildman–Crippen LogP) is 1.33. The van der Waals surface area contributed by atoms with Crippen LogP contribution < -0.4 is 10.1 Å². The fraction of sp³-hybridized carbons (Fsp3) is 0.538. The summed E-state index contributed by atoms with van der Waals surface area (Å²) in [5.74, 6) is 0.448. The largest absolute Gasteiger partial charge is 0.495 e. The van der Waals surface area contributed by atoms with E-state index in [2.05, 4.69) is 5.32 Å². The molecule has 1 N–H and O–H groups in total. The Morgan fingerprint density at radius 1 is 1.20 bits per heavy atom. The summed E-state index contributed by atoms with van der Waals surface area (Å²) in [6.07, 6.45) is 0. The van der Waals surface area contributed by atoms with Crippen LogP contribution in [0.5, 0.6) is 5.75 Å². The van der Waals surface area contributed by atoms with Gasteiger partial charge >= 0.3 is 0 Å². The van der Waals surface area contributed by atoms with Crippen molar-refractivity contribution in [3.05, 3.63) is 23.3 Å². The molecule has 20 heavy (non-hydrogen) atoms. The molecule has 0 spiro atoms. The molecule has 1 aliphatic rings. The standard InChI is InChI=1S/C13H20N2O3S.ClH/c1-10-8-11(2)13(18-3)12(9-10)19(16,17)15-6-4-14-5-7-15;/h8-9,14H,4-7H2,1-3H3;1H. The van der Waals surface area contributed by atoms with Crippen molar-refractivity contribution in [2.45, 2.75) is 18.7 Å². The Balaban J connectivity index is 0.00000200. The maximum absolute atomic E-state index is 12.7. The van der Waals surface area contributed by atoms with Crippen LogP contribution in [0.15, 0.2) is 17.0 Å². The molecule has 114 valence electrons. The van der Waals surface area contributed by atoms with E-state index in [-0.39, 0.29) is 17.3 Å². The maximum Gasteiger partial charge on any atom is 0.246 e. The van der Waals surface area contributed by atoms with Crippen LogP contribution in [-0.4, -0.2) is 46.0 Å². The topological polar surface area (TPSA) is 58.6 Å². The van der Waals surface area contributed by atoms with Crippen LogP contribution in [0.4, 0.5) is 0 Å². The molecule has 5 nitrogen and oxygen atoms in total. The Hall–Kier alpha value is -0.820. The molecule has 1 fully saturated rings. The van der Waals surface area contributed by atoms with Gasteiger partial charge in [-0.1, -0.05) is 6.07 Å². The Morgan fingerprint density at radius 2 is 1.80 bits per heavy atom. The number of rotatable bonds is 3. The summed E-state index contributed by atoms with van der Waals surface area (Å²) in [5, 5.41) is 3.15. The molecule has 0 aromatic heterocycles. The molecule has 1 aromatic rings. The summed E-state index contributed by atoms with van der Waals surface area (Å²) in [6.45, 7) is 6.13. The van der Waals surface area contributed by atoms with Crippen molar-refractivity contribution in [1.29, 1.82) is 0 Å². The fourth-order valence-corrected chi connectivity index (χ4v) is 4.15. The van der Waals surface area contributed by atoms with E-state index in [4.69, 9.17) is 4.74 Å². The van der Waals surface area contributed by atoms with E-state index < -0.39 is 10.0 Å². The first-order chi connectivity index (χ1) is 8.96. The average molecular weight is 321 g/mol. The Morgan fingerprint density at radius 3 is 2.35 bits per heavy atom. The van der Waals surface area contributed by atoms with E-state index in [1.165, 1.54) is 11.4 Å². The van der Waals surface area contributed by atoms with Crippen molar-refractivity contribution in [2.75, 3.05) is 33.3 Å². The number of sulfonamides is 1. The molecule has 7 heteroatoms. The molecule has 0 bridgehead atoms. The lowest BCUT2D eigenvalue weighted by atomic mass is 10.1. The molecule has 1 saturated heterocycles. The highest BCUT2D eigenvalue weighted by atomic mass is 35.5. The smallest absolute Gasteiger partial charge is 0.246 e. The molecule has 0 radical (unpaired) electrons. The third kappa shape index (κ3) is 3.25. The van der Waals surface area contributed by atoms with Crippen LogP contribution in [0, 0.1) is 13.8 Å². The quantitative estimate of drug-likeness (QED) is 0.913. The van der Waals surface area contributed by atoms with Gasteiger partial charge in [-0.05, 0) is 31.0 Å². The number of benzene rings is 1. The van der Waals surface area contributed by atoms with Gasteiger partial charge in [-0.3, -0.25) is 0 Å². The van der Waals surface area contributed by atoms with E-state index in [9.17, 15) is 8.42 Å². The van der Waals surface area contributed by atoms with Crippen molar-refractivity contribution < 1.29 is 13.2 Å². The Kier molecular flexibility index (Phi) is 5.82. The first-order valence-corrected chi connectivity index (χ1v) is 7.77. The number of nitrogens with zero attached hydrogens (tertiary/aromatic N) is 1. The molecule has 0 unspecified atom stereocenters. The molecule has 0 amide bonds. The Labute approximate surface area is 126 Å². The first-order valence-electron chi connectivity index (χ1n) is 6.33. The third-order valence-corrected chi connectivity index (χ3v) is 5.19. The number of ether oxygens (including phenoxy) is 1. The molecular formula is C13H21ClN2O3S. The van der Waals surface area contributed by atoms with E-state index >= 15 is 0 Å². The highest BCUT2D eigenvalue weighted by Crippen LogP contribution is 2.31. The van der Waals surface area contributed by atoms with Crippen molar-refractivity contribution in [2.24, 2.45) is 0 Å². The van der Waals surface area contributed by atoms with Crippen LogP contribution >= 0.6 is 12.4 Å². The van der Waals surface area contributed by atoms with Crippen molar-refractivity contribution in [3.8, 4) is 5.75 Å². The third-order valence-electron chi connectivity index (χ3n) is 3.28. The Bertz CT molecular complexity index is 569. The zero-order chi connectivity index (χ0) is 14.0. The van der Waals surface area contributed by atoms with Gasteiger partial charge in [-0.25, -0.2) is 8.42 Å². The summed E-state index contributed by atoms with van der Waals surface area (Å²) in [7, 11) is -1.97. The van der Waals surface area contributed by atoms with Crippen molar-refractivity contribution in [1.82, 2.24) is 9.62 Å². The molecule has 1 heterocycles. The van der Waals surface area contributed by atoms with Gasteiger partial charge in [-0.15, -0.1) is 12.4 Å². The van der Waals surface area contributed by atoms with Crippen LogP contribution in [0.25, 0.3) is 0 Å². The first kappa shape index (κ1) is 17.2. The zero-order valence-electron chi connectivity index (χ0n) is 12.0. The molecule has 0 saturated carbocycles. The summed E-state index contributed by atoms with van der Waals surface area (Å²) in [4.78, 5) is 0.273. The summed E-state index contributed by atoms with van der Waals surface area (Å²) in [5.41, 5.74) is 1.77. The van der Waals surface area contributed by atoms with E-state index in [0.717, 1.165) is 11.1 Å². The lowest BCUT2D eigenvalue weighted by molar-refractivity contribution is 0.354. The summed E-state index contributed by atoms with van der Waals surface area (Å²) in [6, 6.07) is 3.61. The molecular weight excluding hydrogens is 300 g/mol. The van der Waals surface area contributed by atoms with Gasteiger partial charge < -0.3 is 10.1 Å². The average Bonchev–Trinajstić information content (AvgIpc) is 2.39. The van der Waals surface area contributed by atoms with Gasteiger partial charge in [-0.2, -0.15) is 4.31 Å². The van der Waals surface area contributed by atoms with E-state index in [1.807, 2.05) is 19.9 Å². The summed E-state index contributed by atoms with van der Waals surface area (Å²) >= 11 is 0. The highest BCUT2D eigenvalue weighted by Gasteiger charge is 2.29. The summed E-state index contributed by atoms with van der Waals surface area (Å²) < 4.78 is 32.2. The van der Waals surface area contributed by atoms with Gasteiger partial charge in [0, 0.05) is 26.2 Å². The zero-order valence-corrected chi connectivity index (χ0v) is 13.6. The fourth-order valence-electron chi connectivity index (χ4n) is 2.39. The lowest BCUT2D eigenvalue weighted by Gasteiger charge is -2.27. The number of aryl methyl sites for hydroxylation is 2.